The Morgan fingerprint density at radius 2 is 2.05 bits per heavy atom. The molecule has 0 radical (unpaired) electrons. The van der Waals surface area contributed by atoms with E-state index in [4.69, 9.17) is 0 Å². The summed E-state index contributed by atoms with van der Waals surface area (Å²) in [5.41, 5.74) is -0.647. The van der Waals surface area contributed by atoms with Crippen LogP contribution in [0, 0.1) is 11.8 Å². The first-order valence-corrected chi connectivity index (χ1v) is 7.67. The van der Waals surface area contributed by atoms with Gasteiger partial charge in [-0.2, -0.15) is 0 Å². The zero-order valence-corrected chi connectivity index (χ0v) is 12.5. The van der Waals surface area contributed by atoms with Gasteiger partial charge in [0.15, 0.2) is 0 Å². The predicted molar refractivity (Wildman–Crippen MR) is 76.0 cm³/mol. The molecule has 0 aromatic heterocycles. The van der Waals surface area contributed by atoms with Crippen LogP contribution in [0.2, 0.25) is 0 Å². The van der Waals surface area contributed by atoms with E-state index in [9.17, 15) is 14.7 Å². The van der Waals surface area contributed by atoms with Crippen LogP contribution in [0.4, 0.5) is 0 Å². The summed E-state index contributed by atoms with van der Waals surface area (Å²) in [4.78, 5) is 25.5. The summed E-state index contributed by atoms with van der Waals surface area (Å²) in [6, 6.07) is 0. The summed E-state index contributed by atoms with van der Waals surface area (Å²) >= 11 is 0. The number of rotatable bonds is 4. The maximum atomic E-state index is 12.1. The van der Waals surface area contributed by atoms with E-state index in [0.29, 0.717) is 38.4 Å². The molecule has 20 heavy (non-hydrogen) atoms. The summed E-state index contributed by atoms with van der Waals surface area (Å²) in [6.45, 7) is 5.65. The van der Waals surface area contributed by atoms with Crippen molar-refractivity contribution in [3.05, 3.63) is 0 Å². The van der Waals surface area contributed by atoms with Crippen LogP contribution in [-0.2, 0) is 9.59 Å². The molecular weight excluding hydrogens is 256 g/mol. The molecule has 5 heteroatoms. The SMILES string of the molecule is CC1CC1C(=O)NCCC(=O)N1CCCC(C)(O)CC1. The molecule has 0 spiro atoms. The first-order chi connectivity index (χ1) is 9.39. The molecule has 2 fully saturated rings. The molecule has 5 nitrogen and oxygen atoms in total. The monoisotopic (exact) mass is 282 g/mol. The van der Waals surface area contributed by atoms with Crippen LogP contribution in [0.25, 0.3) is 0 Å². The molecule has 1 saturated carbocycles. The van der Waals surface area contributed by atoms with Gasteiger partial charge in [-0.15, -0.1) is 0 Å². The number of hydrogen-bond acceptors (Lipinski definition) is 3. The fourth-order valence-corrected chi connectivity index (χ4v) is 2.78. The van der Waals surface area contributed by atoms with E-state index in [1.54, 1.807) is 0 Å². The number of carbonyl (C=O) groups is 2. The number of likely N-dealkylation sites (tertiary alicyclic amines) is 1. The third-order valence-electron chi connectivity index (χ3n) is 4.50. The molecule has 0 aromatic rings. The van der Waals surface area contributed by atoms with Gasteiger partial charge in [-0.3, -0.25) is 9.59 Å². The Hall–Kier alpha value is -1.10. The lowest BCUT2D eigenvalue weighted by atomic mass is 9.98. The van der Waals surface area contributed by atoms with Gasteiger partial charge >= 0.3 is 0 Å². The third kappa shape index (κ3) is 4.20. The Morgan fingerprint density at radius 3 is 2.70 bits per heavy atom. The Balaban J connectivity index is 1.68. The number of carbonyl (C=O) groups excluding carboxylic acids is 2. The topological polar surface area (TPSA) is 69.6 Å². The molecule has 1 aliphatic carbocycles. The summed E-state index contributed by atoms with van der Waals surface area (Å²) in [7, 11) is 0. The van der Waals surface area contributed by atoms with Crippen LogP contribution in [0.3, 0.4) is 0 Å². The lowest BCUT2D eigenvalue weighted by Crippen LogP contribution is -2.36. The maximum Gasteiger partial charge on any atom is 0.224 e. The van der Waals surface area contributed by atoms with Gasteiger partial charge in [0.2, 0.25) is 11.8 Å². The van der Waals surface area contributed by atoms with Crippen molar-refractivity contribution in [1.82, 2.24) is 10.2 Å². The van der Waals surface area contributed by atoms with E-state index in [1.165, 1.54) is 0 Å². The quantitative estimate of drug-likeness (QED) is 0.805. The van der Waals surface area contributed by atoms with Crippen molar-refractivity contribution < 1.29 is 14.7 Å². The largest absolute Gasteiger partial charge is 0.390 e. The fourth-order valence-electron chi connectivity index (χ4n) is 2.78. The molecule has 2 rings (SSSR count). The summed E-state index contributed by atoms with van der Waals surface area (Å²) < 4.78 is 0. The Morgan fingerprint density at radius 1 is 1.35 bits per heavy atom. The van der Waals surface area contributed by atoms with Crippen LogP contribution in [0.1, 0.15) is 46.0 Å². The van der Waals surface area contributed by atoms with Crippen molar-refractivity contribution in [3.63, 3.8) is 0 Å². The zero-order chi connectivity index (χ0) is 14.8. The van der Waals surface area contributed by atoms with Crippen molar-refractivity contribution in [2.75, 3.05) is 19.6 Å². The number of nitrogens with one attached hydrogen (secondary N) is 1. The molecule has 2 aliphatic rings. The predicted octanol–water partition coefficient (Wildman–Crippen LogP) is 0.912. The minimum absolute atomic E-state index is 0.0758. The van der Waals surface area contributed by atoms with Crippen molar-refractivity contribution in [2.45, 2.75) is 51.6 Å². The lowest BCUT2D eigenvalue weighted by molar-refractivity contribution is -0.131. The number of hydrogen-bond donors (Lipinski definition) is 2. The van der Waals surface area contributed by atoms with Gasteiger partial charge in [0.05, 0.1) is 5.60 Å². The summed E-state index contributed by atoms with van der Waals surface area (Å²) in [5, 5.41) is 12.8. The maximum absolute atomic E-state index is 12.1. The first kappa shape index (κ1) is 15.3. The minimum Gasteiger partial charge on any atom is -0.390 e. The normalized spacial score (nSPS) is 33.5. The molecular formula is C15H26N2O3. The first-order valence-electron chi connectivity index (χ1n) is 7.67. The highest BCUT2D eigenvalue weighted by Crippen LogP contribution is 2.37. The average Bonchev–Trinajstić information content (AvgIpc) is 3.12. The standard InChI is InChI=1S/C15H26N2O3/c1-11-10-12(11)14(19)16-7-4-13(18)17-8-3-5-15(2,20)6-9-17/h11-12,20H,3-10H2,1-2H3,(H,16,19). The second-order valence-corrected chi connectivity index (χ2v) is 6.59. The molecule has 1 saturated heterocycles. The van der Waals surface area contributed by atoms with Crippen LogP contribution in [-0.4, -0.2) is 47.1 Å². The molecule has 2 N–H and O–H groups in total. The zero-order valence-electron chi connectivity index (χ0n) is 12.5. The smallest absolute Gasteiger partial charge is 0.224 e. The van der Waals surface area contributed by atoms with E-state index < -0.39 is 5.60 Å². The van der Waals surface area contributed by atoms with Gasteiger partial charge in [-0.05, 0) is 38.5 Å². The highest BCUT2D eigenvalue weighted by Gasteiger charge is 2.38. The minimum atomic E-state index is -0.647. The number of aliphatic hydroxyl groups is 1. The van der Waals surface area contributed by atoms with Crippen molar-refractivity contribution in [1.29, 1.82) is 0 Å². The van der Waals surface area contributed by atoms with Gasteiger partial charge in [0.25, 0.3) is 0 Å². The molecule has 0 aromatic carbocycles. The lowest BCUT2D eigenvalue weighted by Gasteiger charge is -2.22. The van der Waals surface area contributed by atoms with E-state index in [1.807, 2.05) is 11.8 Å². The fraction of sp³-hybridized carbons (Fsp3) is 0.867. The molecule has 3 unspecified atom stereocenters. The molecule has 0 bridgehead atoms. The molecule has 114 valence electrons. The average molecular weight is 282 g/mol. The van der Waals surface area contributed by atoms with E-state index in [-0.39, 0.29) is 17.7 Å². The Kier molecular flexibility index (Phi) is 4.68. The highest BCUT2D eigenvalue weighted by molar-refractivity contribution is 5.82. The van der Waals surface area contributed by atoms with Gasteiger partial charge < -0.3 is 15.3 Å². The van der Waals surface area contributed by atoms with Gasteiger partial charge in [0.1, 0.15) is 0 Å². The Labute approximate surface area is 120 Å². The highest BCUT2D eigenvalue weighted by atomic mass is 16.3. The van der Waals surface area contributed by atoms with Crippen LogP contribution in [0.5, 0.6) is 0 Å². The summed E-state index contributed by atoms with van der Waals surface area (Å²) in [5.74, 6) is 0.827. The second-order valence-electron chi connectivity index (χ2n) is 6.59. The van der Waals surface area contributed by atoms with Crippen LogP contribution in [0.15, 0.2) is 0 Å². The Bertz CT molecular complexity index is 381. The van der Waals surface area contributed by atoms with Gasteiger partial charge in [-0.1, -0.05) is 6.92 Å². The molecule has 3 atom stereocenters. The molecule has 1 heterocycles. The number of nitrogens with zero attached hydrogens (tertiary/aromatic N) is 1. The van der Waals surface area contributed by atoms with Crippen molar-refractivity contribution in [3.8, 4) is 0 Å². The van der Waals surface area contributed by atoms with Crippen molar-refractivity contribution >= 4 is 11.8 Å². The van der Waals surface area contributed by atoms with Gasteiger partial charge in [-0.25, -0.2) is 0 Å². The van der Waals surface area contributed by atoms with Crippen LogP contribution >= 0.6 is 0 Å². The van der Waals surface area contributed by atoms with Crippen LogP contribution < -0.4 is 5.32 Å². The molecule has 2 amide bonds. The van der Waals surface area contributed by atoms with E-state index >= 15 is 0 Å². The van der Waals surface area contributed by atoms with E-state index in [0.717, 1.165) is 19.3 Å². The molecule has 1 aliphatic heterocycles. The summed E-state index contributed by atoms with van der Waals surface area (Å²) in [6.07, 6.45) is 3.54. The van der Waals surface area contributed by atoms with Crippen molar-refractivity contribution in [2.24, 2.45) is 11.8 Å². The second kappa shape index (κ2) is 6.12. The third-order valence-corrected chi connectivity index (χ3v) is 4.50. The van der Waals surface area contributed by atoms with E-state index in [2.05, 4.69) is 12.2 Å². The number of amides is 2. The van der Waals surface area contributed by atoms with Gasteiger partial charge in [0, 0.05) is 32.0 Å².